The SMILES string of the molecule is CC[C@@H]1O[C@@H]1C/C=C\CCCCCCCCCCCCC(=O)O. The van der Waals surface area contributed by atoms with Gasteiger partial charge in [0.2, 0.25) is 0 Å². The van der Waals surface area contributed by atoms with E-state index < -0.39 is 5.97 Å². The van der Waals surface area contributed by atoms with Gasteiger partial charge in [-0.15, -0.1) is 0 Å². The molecule has 2 atom stereocenters. The zero-order valence-electron chi connectivity index (χ0n) is 15.0. The fourth-order valence-corrected chi connectivity index (χ4v) is 3.05. The number of ether oxygens (including phenoxy) is 1. The average Bonchev–Trinajstić information content (AvgIpc) is 3.29. The lowest BCUT2D eigenvalue weighted by atomic mass is 10.0. The molecule has 0 bridgehead atoms. The third kappa shape index (κ3) is 12.3. The third-order valence-electron chi connectivity index (χ3n) is 4.64. The summed E-state index contributed by atoms with van der Waals surface area (Å²) in [6, 6.07) is 0. The summed E-state index contributed by atoms with van der Waals surface area (Å²) in [6.07, 6.45) is 21.9. The summed E-state index contributed by atoms with van der Waals surface area (Å²) >= 11 is 0. The Kier molecular flexibility index (Phi) is 11.9. The van der Waals surface area contributed by atoms with Gasteiger partial charge in [-0.3, -0.25) is 4.79 Å². The zero-order valence-corrected chi connectivity index (χ0v) is 15.0. The highest BCUT2D eigenvalue weighted by Gasteiger charge is 2.35. The lowest BCUT2D eigenvalue weighted by molar-refractivity contribution is -0.137. The largest absolute Gasteiger partial charge is 0.481 e. The molecular weight excluding hydrogens is 288 g/mol. The highest BCUT2D eigenvalue weighted by atomic mass is 16.6. The van der Waals surface area contributed by atoms with Crippen LogP contribution in [0.1, 0.15) is 96.8 Å². The van der Waals surface area contributed by atoms with Crippen molar-refractivity contribution < 1.29 is 14.6 Å². The molecule has 1 aliphatic rings. The second-order valence-corrected chi connectivity index (χ2v) is 6.80. The molecule has 0 saturated carbocycles. The summed E-state index contributed by atoms with van der Waals surface area (Å²) in [7, 11) is 0. The van der Waals surface area contributed by atoms with E-state index in [0.29, 0.717) is 18.6 Å². The normalized spacial score (nSPS) is 20.2. The molecule has 1 heterocycles. The fraction of sp³-hybridized carbons (Fsp3) is 0.850. The highest BCUT2D eigenvalue weighted by molar-refractivity contribution is 5.66. The fourth-order valence-electron chi connectivity index (χ4n) is 3.05. The van der Waals surface area contributed by atoms with Crippen LogP contribution in [0, 0.1) is 0 Å². The van der Waals surface area contributed by atoms with Crippen LogP contribution in [0.3, 0.4) is 0 Å². The molecule has 0 aliphatic carbocycles. The molecule has 1 saturated heterocycles. The molecule has 3 heteroatoms. The molecule has 0 radical (unpaired) electrons. The van der Waals surface area contributed by atoms with Gasteiger partial charge in [0.15, 0.2) is 0 Å². The number of aliphatic carboxylic acids is 1. The van der Waals surface area contributed by atoms with Crippen LogP contribution in [-0.4, -0.2) is 23.3 Å². The highest BCUT2D eigenvalue weighted by Crippen LogP contribution is 2.28. The molecule has 3 nitrogen and oxygen atoms in total. The molecule has 0 amide bonds. The van der Waals surface area contributed by atoms with E-state index in [4.69, 9.17) is 9.84 Å². The topological polar surface area (TPSA) is 49.8 Å². The van der Waals surface area contributed by atoms with Crippen molar-refractivity contribution in [2.24, 2.45) is 0 Å². The van der Waals surface area contributed by atoms with Crippen LogP contribution < -0.4 is 0 Å². The summed E-state index contributed by atoms with van der Waals surface area (Å²) in [5.41, 5.74) is 0. The van der Waals surface area contributed by atoms with Crippen molar-refractivity contribution in [3.8, 4) is 0 Å². The van der Waals surface area contributed by atoms with Crippen LogP contribution in [0.5, 0.6) is 0 Å². The van der Waals surface area contributed by atoms with Crippen molar-refractivity contribution in [3.05, 3.63) is 12.2 Å². The van der Waals surface area contributed by atoms with Crippen molar-refractivity contribution in [2.45, 2.75) is 109 Å². The molecular formula is C20H36O3. The first-order chi connectivity index (χ1) is 11.2. The van der Waals surface area contributed by atoms with E-state index in [9.17, 15) is 4.79 Å². The zero-order chi connectivity index (χ0) is 16.8. The predicted molar refractivity (Wildman–Crippen MR) is 95.7 cm³/mol. The molecule has 0 spiro atoms. The van der Waals surface area contributed by atoms with Crippen LogP contribution in [0.2, 0.25) is 0 Å². The minimum absolute atomic E-state index is 0.335. The Labute approximate surface area is 142 Å². The maximum Gasteiger partial charge on any atom is 0.303 e. The van der Waals surface area contributed by atoms with E-state index in [1.165, 1.54) is 57.8 Å². The first-order valence-electron chi connectivity index (χ1n) is 9.76. The van der Waals surface area contributed by atoms with Gasteiger partial charge in [-0.05, 0) is 32.1 Å². The van der Waals surface area contributed by atoms with Gasteiger partial charge in [-0.25, -0.2) is 0 Å². The van der Waals surface area contributed by atoms with Crippen molar-refractivity contribution in [1.29, 1.82) is 0 Å². The number of carboxylic acid groups (broad SMARTS) is 1. The number of unbranched alkanes of at least 4 members (excludes halogenated alkanes) is 10. The van der Waals surface area contributed by atoms with E-state index in [0.717, 1.165) is 25.7 Å². The summed E-state index contributed by atoms with van der Waals surface area (Å²) in [5, 5.41) is 8.54. The van der Waals surface area contributed by atoms with Crippen LogP contribution in [-0.2, 0) is 9.53 Å². The molecule has 0 aromatic heterocycles. The van der Waals surface area contributed by atoms with Crippen molar-refractivity contribution >= 4 is 5.97 Å². The number of carboxylic acids is 1. The van der Waals surface area contributed by atoms with Crippen LogP contribution in [0.15, 0.2) is 12.2 Å². The Morgan fingerprint density at radius 1 is 0.870 bits per heavy atom. The van der Waals surface area contributed by atoms with E-state index in [1.807, 2.05) is 0 Å². The molecule has 1 fully saturated rings. The van der Waals surface area contributed by atoms with Crippen LogP contribution in [0.25, 0.3) is 0 Å². The lowest BCUT2D eigenvalue weighted by Crippen LogP contribution is -1.93. The Hall–Kier alpha value is -0.830. The standard InChI is InChI=1S/C20H36O3/c1-2-18-19(23-18)16-14-12-10-8-6-4-3-5-7-9-11-13-15-17-20(21)22/h12,14,18-19H,2-11,13,15-17H2,1H3,(H,21,22)/b14-12-/t18-,19+/m0/s1. The summed E-state index contributed by atoms with van der Waals surface area (Å²) in [6.45, 7) is 2.19. The van der Waals surface area contributed by atoms with E-state index in [2.05, 4.69) is 19.1 Å². The van der Waals surface area contributed by atoms with E-state index >= 15 is 0 Å². The lowest BCUT2D eigenvalue weighted by Gasteiger charge is -2.01. The minimum Gasteiger partial charge on any atom is -0.481 e. The third-order valence-corrected chi connectivity index (χ3v) is 4.64. The van der Waals surface area contributed by atoms with Crippen LogP contribution >= 0.6 is 0 Å². The monoisotopic (exact) mass is 324 g/mol. The van der Waals surface area contributed by atoms with E-state index in [-0.39, 0.29) is 0 Å². The second-order valence-electron chi connectivity index (χ2n) is 6.80. The van der Waals surface area contributed by atoms with Gasteiger partial charge in [-0.1, -0.05) is 70.4 Å². The number of hydrogen-bond donors (Lipinski definition) is 1. The molecule has 0 aromatic rings. The Morgan fingerprint density at radius 2 is 1.43 bits per heavy atom. The van der Waals surface area contributed by atoms with Crippen molar-refractivity contribution in [1.82, 2.24) is 0 Å². The maximum atomic E-state index is 10.4. The van der Waals surface area contributed by atoms with Gasteiger partial charge in [0, 0.05) is 6.42 Å². The molecule has 1 rings (SSSR count). The number of rotatable bonds is 16. The molecule has 0 unspecified atom stereocenters. The van der Waals surface area contributed by atoms with Crippen LogP contribution in [0.4, 0.5) is 0 Å². The Morgan fingerprint density at radius 3 is 1.96 bits per heavy atom. The molecule has 1 aliphatic heterocycles. The van der Waals surface area contributed by atoms with Gasteiger partial charge in [0.25, 0.3) is 0 Å². The van der Waals surface area contributed by atoms with Gasteiger partial charge in [0.1, 0.15) is 0 Å². The number of carbonyl (C=O) groups is 1. The van der Waals surface area contributed by atoms with Crippen molar-refractivity contribution in [3.63, 3.8) is 0 Å². The maximum absolute atomic E-state index is 10.4. The second kappa shape index (κ2) is 13.6. The van der Waals surface area contributed by atoms with Gasteiger partial charge in [-0.2, -0.15) is 0 Å². The Bertz CT molecular complexity index is 325. The summed E-state index contributed by atoms with van der Waals surface area (Å²) < 4.78 is 5.51. The molecule has 134 valence electrons. The summed E-state index contributed by atoms with van der Waals surface area (Å²) in [5.74, 6) is -0.661. The van der Waals surface area contributed by atoms with Gasteiger partial charge < -0.3 is 9.84 Å². The van der Waals surface area contributed by atoms with Crippen molar-refractivity contribution in [2.75, 3.05) is 0 Å². The first-order valence-corrected chi connectivity index (χ1v) is 9.76. The molecule has 23 heavy (non-hydrogen) atoms. The minimum atomic E-state index is -0.661. The molecule has 1 N–H and O–H groups in total. The average molecular weight is 325 g/mol. The number of allylic oxidation sites excluding steroid dienone is 1. The summed E-state index contributed by atoms with van der Waals surface area (Å²) in [4.78, 5) is 10.4. The molecule has 0 aromatic carbocycles. The number of epoxide rings is 1. The quantitative estimate of drug-likeness (QED) is 0.219. The van der Waals surface area contributed by atoms with Gasteiger partial charge >= 0.3 is 5.97 Å². The first kappa shape index (κ1) is 20.2. The Balaban J connectivity index is 1.70. The van der Waals surface area contributed by atoms with Gasteiger partial charge in [0.05, 0.1) is 12.2 Å². The number of hydrogen-bond acceptors (Lipinski definition) is 2. The predicted octanol–water partition coefficient (Wildman–Crippen LogP) is 5.88. The smallest absolute Gasteiger partial charge is 0.303 e. The van der Waals surface area contributed by atoms with E-state index in [1.54, 1.807) is 0 Å².